The van der Waals surface area contributed by atoms with E-state index in [1.807, 2.05) is 12.1 Å². The van der Waals surface area contributed by atoms with Crippen LogP contribution in [0.4, 0.5) is 0 Å². The molecule has 1 saturated heterocycles. The molecule has 2 rings (SSSR count). The van der Waals surface area contributed by atoms with E-state index >= 15 is 0 Å². The summed E-state index contributed by atoms with van der Waals surface area (Å²) < 4.78 is 11.2. The molecule has 1 aromatic rings. The van der Waals surface area contributed by atoms with Gasteiger partial charge in [0.2, 0.25) is 0 Å². The van der Waals surface area contributed by atoms with E-state index < -0.39 is 0 Å². The standard InChI is InChI=1S/C19H31N3O2/c1-4-20-19(22(3)14-17-10-13-23-15-17)21-11-5-12-24-18-8-6-16(2)7-9-18/h6-9,17H,4-5,10-15H2,1-3H3,(H,20,21). The van der Waals surface area contributed by atoms with E-state index in [0.717, 1.165) is 57.4 Å². The fourth-order valence-corrected chi connectivity index (χ4v) is 2.74. The van der Waals surface area contributed by atoms with Crippen molar-refractivity contribution in [3.63, 3.8) is 0 Å². The van der Waals surface area contributed by atoms with Gasteiger partial charge in [-0.2, -0.15) is 0 Å². The summed E-state index contributed by atoms with van der Waals surface area (Å²) in [6.45, 7) is 9.26. The first-order valence-corrected chi connectivity index (χ1v) is 8.95. The number of rotatable bonds is 8. The third-order valence-electron chi connectivity index (χ3n) is 4.11. The average Bonchev–Trinajstić information content (AvgIpc) is 3.08. The zero-order valence-corrected chi connectivity index (χ0v) is 15.3. The second-order valence-corrected chi connectivity index (χ2v) is 6.36. The third kappa shape index (κ3) is 6.40. The minimum Gasteiger partial charge on any atom is -0.494 e. The van der Waals surface area contributed by atoms with Crippen molar-refractivity contribution in [2.24, 2.45) is 10.9 Å². The van der Waals surface area contributed by atoms with Crippen LogP contribution in [0.5, 0.6) is 5.75 Å². The van der Waals surface area contributed by atoms with Crippen LogP contribution >= 0.6 is 0 Å². The summed E-state index contributed by atoms with van der Waals surface area (Å²) in [5.41, 5.74) is 1.25. The molecule has 0 aliphatic carbocycles. The second kappa shape index (κ2) is 10.2. The van der Waals surface area contributed by atoms with Crippen LogP contribution in [0.25, 0.3) is 0 Å². The highest BCUT2D eigenvalue weighted by molar-refractivity contribution is 5.79. The van der Waals surface area contributed by atoms with Gasteiger partial charge in [0.25, 0.3) is 0 Å². The third-order valence-corrected chi connectivity index (χ3v) is 4.11. The van der Waals surface area contributed by atoms with E-state index in [0.29, 0.717) is 12.5 Å². The van der Waals surface area contributed by atoms with E-state index in [-0.39, 0.29) is 0 Å². The summed E-state index contributed by atoms with van der Waals surface area (Å²) in [5, 5.41) is 3.37. The molecule has 0 saturated carbocycles. The first-order chi connectivity index (χ1) is 11.7. The number of nitrogens with zero attached hydrogens (tertiary/aromatic N) is 2. The van der Waals surface area contributed by atoms with Gasteiger partial charge in [-0.3, -0.25) is 4.99 Å². The van der Waals surface area contributed by atoms with Crippen LogP contribution in [0.2, 0.25) is 0 Å². The molecule has 1 aromatic carbocycles. The topological polar surface area (TPSA) is 46.1 Å². The van der Waals surface area contributed by atoms with Gasteiger partial charge in [0.15, 0.2) is 5.96 Å². The van der Waals surface area contributed by atoms with Gasteiger partial charge in [-0.05, 0) is 32.4 Å². The summed E-state index contributed by atoms with van der Waals surface area (Å²) in [5.74, 6) is 2.51. The van der Waals surface area contributed by atoms with E-state index in [4.69, 9.17) is 14.5 Å². The van der Waals surface area contributed by atoms with Gasteiger partial charge in [-0.15, -0.1) is 0 Å². The molecule has 1 N–H and O–H groups in total. The van der Waals surface area contributed by atoms with E-state index in [1.54, 1.807) is 0 Å². The Kier molecular flexibility index (Phi) is 7.89. The Morgan fingerprint density at radius 1 is 1.38 bits per heavy atom. The molecule has 5 nitrogen and oxygen atoms in total. The summed E-state index contributed by atoms with van der Waals surface area (Å²) in [4.78, 5) is 6.92. The molecule has 24 heavy (non-hydrogen) atoms. The fraction of sp³-hybridized carbons (Fsp3) is 0.632. The maximum absolute atomic E-state index is 5.75. The Morgan fingerprint density at radius 3 is 2.83 bits per heavy atom. The molecule has 1 atom stereocenters. The van der Waals surface area contributed by atoms with Crippen LogP contribution in [-0.4, -0.2) is 57.4 Å². The molecule has 1 aliphatic heterocycles. The Balaban J connectivity index is 1.72. The van der Waals surface area contributed by atoms with Gasteiger partial charge in [-0.25, -0.2) is 0 Å². The molecule has 1 unspecified atom stereocenters. The van der Waals surface area contributed by atoms with E-state index in [2.05, 4.69) is 43.2 Å². The maximum Gasteiger partial charge on any atom is 0.193 e. The smallest absolute Gasteiger partial charge is 0.193 e. The molecule has 1 aliphatic rings. The summed E-state index contributed by atoms with van der Waals surface area (Å²) in [6, 6.07) is 8.16. The normalized spacial score (nSPS) is 17.8. The van der Waals surface area contributed by atoms with Gasteiger partial charge in [0.1, 0.15) is 5.75 Å². The maximum atomic E-state index is 5.75. The molecule has 1 heterocycles. The Hall–Kier alpha value is -1.75. The number of hydrogen-bond acceptors (Lipinski definition) is 3. The Labute approximate surface area is 146 Å². The predicted molar refractivity (Wildman–Crippen MR) is 98.8 cm³/mol. The molecular weight excluding hydrogens is 302 g/mol. The van der Waals surface area contributed by atoms with Crippen molar-refractivity contribution < 1.29 is 9.47 Å². The van der Waals surface area contributed by atoms with Crippen LogP contribution in [0.15, 0.2) is 29.3 Å². The van der Waals surface area contributed by atoms with E-state index in [1.165, 1.54) is 5.56 Å². The quantitative estimate of drug-likeness (QED) is 0.451. The van der Waals surface area contributed by atoms with Gasteiger partial charge in [0, 0.05) is 45.6 Å². The largest absolute Gasteiger partial charge is 0.494 e. The highest BCUT2D eigenvalue weighted by Gasteiger charge is 2.18. The highest BCUT2D eigenvalue weighted by Crippen LogP contribution is 2.13. The second-order valence-electron chi connectivity index (χ2n) is 6.36. The first-order valence-electron chi connectivity index (χ1n) is 8.95. The Bertz CT molecular complexity index is 496. The number of benzene rings is 1. The number of ether oxygens (including phenoxy) is 2. The van der Waals surface area contributed by atoms with Gasteiger partial charge < -0.3 is 19.7 Å². The van der Waals surface area contributed by atoms with Crippen molar-refractivity contribution in [1.29, 1.82) is 0 Å². The lowest BCUT2D eigenvalue weighted by Crippen LogP contribution is -2.41. The molecule has 0 aromatic heterocycles. The fourth-order valence-electron chi connectivity index (χ4n) is 2.74. The van der Waals surface area contributed by atoms with Gasteiger partial charge >= 0.3 is 0 Å². The van der Waals surface area contributed by atoms with Crippen molar-refractivity contribution in [2.45, 2.75) is 26.7 Å². The summed E-state index contributed by atoms with van der Waals surface area (Å²) in [6.07, 6.45) is 2.05. The van der Waals surface area contributed by atoms with Crippen LogP contribution in [0, 0.1) is 12.8 Å². The summed E-state index contributed by atoms with van der Waals surface area (Å²) in [7, 11) is 2.10. The lowest BCUT2D eigenvalue weighted by molar-refractivity contribution is 0.181. The van der Waals surface area contributed by atoms with Gasteiger partial charge in [0.05, 0.1) is 13.2 Å². The summed E-state index contributed by atoms with van der Waals surface area (Å²) >= 11 is 0. The highest BCUT2D eigenvalue weighted by atomic mass is 16.5. The first kappa shape index (κ1) is 18.6. The monoisotopic (exact) mass is 333 g/mol. The number of aliphatic imine (C=N–C) groups is 1. The van der Waals surface area contributed by atoms with Crippen molar-refractivity contribution in [1.82, 2.24) is 10.2 Å². The average molecular weight is 333 g/mol. The Morgan fingerprint density at radius 2 is 2.17 bits per heavy atom. The molecule has 5 heteroatoms. The van der Waals surface area contributed by atoms with Crippen LogP contribution in [0.1, 0.15) is 25.3 Å². The molecule has 0 bridgehead atoms. The minimum atomic E-state index is 0.615. The molecule has 0 spiro atoms. The van der Waals surface area contributed by atoms with Crippen molar-refractivity contribution in [3.8, 4) is 5.75 Å². The zero-order valence-electron chi connectivity index (χ0n) is 15.3. The molecule has 0 amide bonds. The van der Waals surface area contributed by atoms with Gasteiger partial charge in [-0.1, -0.05) is 17.7 Å². The van der Waals surface area contributed by atoms with Crippen LogP contribution in [-0.2, 0) is 4.74 Å². The lowest BCUT2D eigenvalue weighted by Gasteiger charge is -2.24. The van der Waals surface area contributed by atoms with Crippen LogP contribution in [0.3, 0.4) is 0 Å². The molecule has 0 radical (unpaired) electrons. The SMILES string of the molecule is CCNC(=NCCCOc1ccc(C)cc1)N(C)CC1CCOC1. The lowest BCUT2D eigenvalue weighted by atomic mass is 10.1. The molecule has 1 fully saturated rings. The predicted octanol–water partition coefficient (Wildman–Crippen LogP) is 2.70. The van der Waals surface area contributed by atoms with E-state index in [9.17, 15) is 0 Å². The van der Waals surface area contributed by atoms with Crippen molar-refractivity contribution in [2.75, 3.05) is 46.5 Å². The number of guanidine groups is 1. The molecular formula is C19H31N3O2. The number of hydrogen-bond donors (Lipinski definition) is 1. The zero-order chi connectivity index (χ0) is 17.2. The number of aryl methyl sites for hydroxylation is 1. The minimum absolute atomic E-state index is 0.615. The molecule has 134 valence electrons. The van der Waals surface area contributed by atoms with Crippen molar-refractivity contribution >= 4 is 5.96 Å². The van der Waals surface area contributed by atoms with Crippen molar-refractivity contribution in [3.05, 3.63) is 29.8 Å². The number of nitrogens with one attached hydrogen (secondary N) is 1. The van der Waals surface area contributed by atoms with Crippen LogP contribution < -0.4 is 10.1 Å².